The third-order valence-corrected chi connectivity index (χ3v) is 6.67. The molecule has 2 aromatic carbocycles. The molecule has 1 aliphatic heterocycles. The van der Waals surface area contributed by atoms with Gasteiger partial charge in [0.15, 0.2) is 10.9 Å². The van der Waals surface area contributed by atoms with Crippen LogP contribution >= 0.6 is 11.8 Å². The number of carbonyl (C=O) groups excluding carboxylic acids is 1. The molecule has 0 unspecified atom stereocenters. The minimum atomic E-state index is -0.314. The van der Waals surface area contributed by atoms with Crippen molar-refractivity contribution in [2.24, 2.45) is 0 Å². The van der Waals surface area contributed by atoms with Crippen LogP contribution in [0.1, 0.15) is 42.1 Å². The maximum Gasteiger partial charge on any atom is 0.170 e. The number of Topliss-reactive ketones (excluding diaryl/α,β-unsaturated/α-hetero) is 1. The number of imidazole rings is 1. The SMILES string of the molecule is C#CCSc1nc2ccccc2n1C1CCN(CCCC(=O)c2ccc(F)cc2)CC1. The van der Waals surface area contributed by atoms with Crippen molar-refractivity contribution < 1.29 is 9.18 Å². The van der Waals surface area contributed by atoms with Crippen molar-refractivity contribution in [1.29, 1.82) is 0 Å². The number of fused-ring (bicyclic) bond motifs is 1. The zero-order chi connectivity index (χ0) is 21.6. The highest BCUT2D eigenvalue weighted by Gasteiger charge is 2.24. The number of para-hydroxylation sites is 2. The number of hydrogen-bond acceptors (Lipinski definition) is 4. The molecular weight excluding hydrogens is 409 g/mol. The Morgan fingerprint density at radius 3 is 2.65 bits per heavy atom. The molecular formula is C25H26FN3OS. The van der Waals surface area contributed by atoms with E-state index in [1.807, 2.05) is 6.07 Å². The molecule has 0 N–H and O–H groups in total. The van der Waals surface area contributed by atoms with Gasteiger partial charge >= 0.3 is 0 Å². The Morgan fingerprint density at radius 1 is 1.16 bits per heavy atom. The van der Waals surface area contributed by atoms with Crippen molar-refractivity contribution in [3.8, 4) is 12.3 Å². The van der Waals surface area contributed by atoms with E-state index in [-0.39, 0.29) is 11.6 Å². The van der Waals surface area contributed by atoms with Crippen LogP contribution < -0.4 is 0 Å². The van der Waals surface area contributed by atoms with Crippen LogP contribution in [0.15, 0.2) is 53.7 Å². The van der Waals surface area contributed by atoms with E-state index in [4.69, 9.17) is 11.4 Å². The van der Waals surface area contributed by atoms with Crippen LogP contribution in [0.4, 0.5) is 4.39 Å². The molecule has 0 radical (unpaired) electrons. The van der Waals surface area contributed by atoms with Gasteiger partial charge in [-0.15, -0.1) is 6.42 Å². The summed E-state index contributed by atoms with van der Waals surface area (Å²) in [5.74, 6) is 3.08. The molecule has 160 valence electrons. The molecule has 4 nitrogen and oxygen atoms in total. The minimum Gasteiger partial charge on any atom is -0.316 e. The lowest BCUT2D eigenvalue weighted by Gasteiger charge is -2.33. The number of carbonyl (C=O) groups is 1. The average molecular weight is 436 g/mol. The number of hydrogen-bond donors (Lipinski definition) is 0. The number of thioether (sulfide) groups is 1. The van der Waals surface area contributed by atoms with E-state index in [9.17, 15) is 9.18 Å². The first-order chi connectivity index (χ1) is 15.2. The standard InChI is InChI=1S/C25H26FN3OS/c1-2-18-31-25-27-22-6-3-4-7-23(22)29(25)21-13-16-28(17-14-21)15-5-8-24(30)19-9-11-20(26)12-10-19/h1,3-4,6-7,9-12,21H,5,8,13-18H2. The molecule has 1 saturated heterocycles. The molecule has 0 spiro atoms. The molecule has 0 atom stereocenters. The Morgan fingerprint density at radius 2 is 1.90 bits per heavy atom. The van der Waals surface area contributed by atoms with E-state index in [0.29, 0.717) is 23.8 Å². The van der Waals surface area contributed by atoms with Crippen LogP contribution in [0.25, 0.3) is 11.0 Å². The molecule has 31 heavy (non-hydrogen) atoms. The molecule has 0 bridgehead atoms. The van der Waals surface area contributed by atoms with Gasteiger partial charge in [0.1, 0.15) is 5.82 Å². The van der Waals surface area contributed by atoms with E-state index in [0.717, 1.165) is 49.6 Å². The second-order valence-corrected chi connectivity index (χ2v) is 8.79. The summed E-state index contributed by atoms with van der Waals surface area (Å²) in [6, 6.07) is 14.5. The topological polar surface area (TPSA) is 38.1 Å². The summed E-state index contributed by atoms with van der Waals surface area (Å²) in [7, 11) is 0. The van der Waals surface area contributed by atoms with Crippen molar-refractivity contribution in [3.63, 3.8) is 0 Å². The fraction of sp³-hybridized carbons (Fsp3) is 0.360. The maximum atomic E-state index is 13.0. The summed E-state index contributed by atoms with van der Waals surface area (Å²) < 4.78 is 15.4. The lowest BCUT2D eigenvalue weighted by Crippen LogP contribution is -2.35. The van der Waals surface area contributed by atoms with Crippen molar-refractivity contribution in [2.45, 2.75) is 36.9 Å². The highest BCUT2D eigenvalue weighted by molar-refractivity contribution is 7.99. The van der Waals surface area contributed by atoms with Gasteiger partial charge in [-0.05, 0) is 62.2 Å². The maximum absolute atomic E-state index is 13.0. The van der Waals surface area contributed by atoms with Crippen LogP contribution in [0, 0.1) is 18.2 Å². The van der Waals surface area contributed by atoms with Gasteiger partial charge in [0.25, 0.3) is 0 Å². The smallest absolute Gasteiger partial charge is 0.170 e. The highest BCUT2D eigenvalue weighted by Crippen LogP contribution is 2.32. The van der Waals surface area contributed by atoms with Crippen molar-refractivity contribution >= 4 is 28.6 Å². The van der Waals surface area contributed by atoms with Gasteiger partial charge in [-0.2, -0.15) is 0 Å². The first-order valence-electron chi connectivity index (χ1n) is 10.7. The summed E-state index contributed by atoms with van der Waals surface area (Å²) in [5.41, 5.74) is 2.78. The van der Waals surface area contributed by atoms with E-state index in [1.54, 1.807) is 23.9 Å². The fourth-order valence-electron chi connectivity index (χ4n) is 4.23. The zero-order valence-electron chi connectivity index (χ0n) is 17.5. The average Bonchev–Trinajstić information content (AvgIpc) is 3.17. The number of piperidine rings is 1. The minimum absolute atomic E-state index is 0.0787. The molecule has 2 heterocycles. The van der Waals surface area contributed by atoms with Crippen molar-refractivity contribution in [2.75, 3.05) is 25.4 Å². The van der Waals surface area contributed by atoms with Crippen LogP contribution in [0.2, 0.25) is 0 Å². The molecule has 1 fully saturated rings. The summed E-state index contributed by atoms with van der Waals surface area (Å²) in [6.07, 6.45) is 8.88. The molecule has 1 aromatic heterocycles. The first-order valence-corrected chi connectivity index (χ1v) is 11.7. The summed E-state index contributed by atoms with van der Waals surface area (Å²) in [4.78, 5) is 19.5. The molecule has 6 heteroatoms. The predicted molar refractivity (Wildman–Crippen MR) is 124 cm³/mol. The van der Waals surface area contributed by atoms with Gasteiger partial charge in [-0.1, -0.05) is 29.8 Å². The number of ketones is 1. The van der Waals surface area contributed by atoms with Gasteiger partial charge < -0.3 is 9.47 Å². The molecule has 3 aromatic rings. The summed E-state index contributed by atoms with van der Waals surface area (Å²) in [6.45, 7) is 2.91. The monoisotopic (exact) mass is 435 g/mol. The Bertz CT molecular complexity index is 1080. The van der Waals surface area contributed by atoms with Gasteiger partial charge in [0.05, 0.1) is 16.8 Å². The van der Waals surface area contributed by atoms with Crippen molar-refractivity contribution in [3.05, 3.63) is 59.9 Å². The second-order valence-electron chi connectivity index (χ2n) is 7.85. The van der Waals surface area contributed by atoms with E-state index < -0.39 is 0 Å². The third kappa shape index (κ3) is 5.17. The van der Waals surface area contributed by atoms with Crippen molar-refractivity contribution in [1.82, 2.24) is 14.5 Å². The molecule has 0 amide bonds. The Kier molecular flexibility index (Phi) is 7.06. The van der Waals surface area contributed by atoms with Gasteiger partial charge in [0.2, 0.25) is 0 Å². The highest BCUT2D eigenvalue weighted by atomic mass is 32.2. The van der Waals surface area contributed by atoms with E-state index in [2.05, 4.69) is 33.6 Å². The summed E-state index contributed by atoms with van der Waals surface area (Å²) in [5, 5.41) is 1.00. The number of rotatable bonds is 8. The molecule has 1 aliphatic rings. The van der Waals surface area contributed by atoms with E-state index >= 15 is 0 Å². The third-order valence-electron chi connectivity index (χ3n) is 5.81. The number of nitrogens with zero attached hydrogens (tertiary/aromatic N) is 3. The van der Waals surface area contributed by atoms with E-state index in [1.165, 1.54) is 17.6 Å². The largest absolute Gasteiger partial charge is 0.316 e. The predicted octanol–water partition coefficient (Wildman–Crippen LogP) is 5.20. The van der Waals surface area contributed by atoms with Crippen LogP contribution in [0.5, 0.6) is 0 Å². The molecule has 0 saturated carbocycles. The van der Waals surface area contributed by atoms with Gasteiger partial charge in [-0.25, -0.2) is 9.37 Å². The number of halogens is 1. The number of benzene rings is 2. The Balaban J connectivity index is 1.32. The second kappa shape index (κ2) is 10.1. The number of terminal acetylenes is 1. The normalized spacial score (nSPS) is 15.2. The summed E-state index contributed by atoms with van der Waals surface area (Å²) >= 11 is 1.62. The molecule has 4 rings (SSSR count). The lowest BCUT2D eigenvalue weighted by atomic mass is 10.0. The Hall–Kier alpha value is -2.62. The molecule has 0 aliphatic carbocycles. The van der Waals surface area contributed by atoms with Crippen LogP contribution in [-0.4, -0.2) is 45.6 Å². The van der Waals surface area contributed by atoms with Gasteiger partial charge in [0, 0.05) is 31.1 Å². The number of aromatic nitrogens is 2. The van der Waals surface area contributed by atoms with Crippen LogP contribution in [0.3, 0.4) is 0 Å². The Labute approximate surface area is 186 Å². The number of likely N-dealkylation sites (tertiary alicyclic amines) is 1. The first kappa shape index (κ1) is 21.6. The lowest BCUT2D eigenvalue weighted by molar-refractivity contribution is 0.0970. The zero-order valence-corrected chi connectivity index (χ0v) is 18.3. The van der Waals surface area contributed by atoms with Gasteiger partial charge in [-0.3, -0.25) is 4.79 Å². The fourth-order valence-corrected chi connectivity index (χ4v) is 4.99. The quantitative estimate of drug-likeness (QED) is 0.277. The van der Waals surface area contributed by atoms with Crippen LogP contribution in [-0.2, 0) is 0 Å².